The van der Waals surface area contributed by atoms with Crippen LogP contribution in [-0.2, 0) is 11.3 Å². The van der Waals surface area contributed by atoms with Crippen LogP contribution < -0.4 is 10.9 Å². The quantitative estimate of drug-likeness (QED) is 0.633. The highest BCUT2D eigenvalue weighted by atomic mass is 19.1. The predicted molar refractivity (Wildman–Crippen MR) is 114 cm³/mol. The Morgan fingerprint density at radius 1 is 1.13 bits per heavy atom. The Kier molecular flexibility index (Phi) is 6.21. The molecule has 1 aliphatic carbocycles. The minimum absolute atomic E-state index is 0.0435. The number of nitrogens with one attached hydrogen (secondary N) is 1. The standard InChI is InChI=1S/C24H26FN3O2/c25-19-13-11-18(12-14-19)23(17-6-1-2-7-17)27-22(29)10-5-15-28-16-26-21-9-4-3-8-20(21)24(28)30/h3-4,8-9,11-14,16-17,23H,1-2,5-7,10,15H2,(H,27,29)/t23-/m0/s1. The summed E-state index contributed by atoms with van der Waals surface area (Å²) in [5.74, 6) is 0.0643. The van der Waals surface area contributed by atoms with Crippen LogP contribution in [0.4, 0.5) is 4.39 Å². The van der Waals surface area contributed by atoms with E-state index >= 15 is 0 Å². The number of aryl methyl sites for hydroxylation is 1. The number of amides is 1. The number of benzene rings is 2. The maximum absolute atomic E-state index is 13.3. The highest BCUT2D eigenvalue weighted by Crippen LogP contribution is 2.35. The summed E-state index contributed by atoms with van der Waals surface area (Å²) < 4.78 is 14.9. The maximum atomic E-state index is 13.3. The molecule has 1 saturated carbocycles. The molecule has 1 fully saturated rings. The molecule has 1 amide bonds. The number of hydrogen-bond donors (Lipinski definition) is 1. The summed E-state index contributed by atoms with van der Waals surface area (Å²) in [5.41, 5.74) is 1.54. The fourth-order valence-electron chi connectivity index (χ4n) is 4.36. The Morgan fingerprint density at radius 2 is 1.87 bits per heavy atom. The van der Waals surface area contributed by atoms with Crippen molar-refractivity contribution in [2.24, 2.45) is 5.92 Å². The van der Waals surface area contributed by atoms with Gasteiger partial charge >= 0.3 is 0 Å². The van der Waals surface area contributed by atoms with Crippen LogP contribution in [-0.4, -0.2) is 15.5 Å². The lowest BCUT2D eigenvalue weighted by Crippen LogP contribution is -2.33. The van der Waals surface area contributed by atoms with E-state index in [1.807, 2.05) is 18.2 Å². The molecule has 30 heavy (non-hydrogen) atoms. The third kappa shape index (κ3) is 4.58. The molecule has 1 aromatic heterocycles. The second-order valence-corrected chi connectivity index (χ2v) is 8.01. The highest BCUT2D eigenvalue weighted by Gasteiger charge is 2.27. The van der Waals surface area contributed by atoms with E-state index in [1.54, 1.807) is 29.1 Å². The molecule has 0 unspecified atom stereocenters. The number of halogens is 1. The van der Waals surface area contributed by atoms with Crippen molar-refractivity contribution >= 4 is 16.8 Å². The van der Waals surface area contributed by atoms with Gasteiger partial charge in [0.05, 0.1) is 23.3 Å². The summed E-state index contributed by atoms with van der Waals surface area (Å²) in [6.07, 6.45) is 6.88. The van der Waals surface area contributed by atoms with Gasteiger partial charge in [-0.25, -0.2) is 9.37 Å². The number of fused-ring (bicyclic) bond motifs is 1. The van der Waals surface area contributed by atoms with Crippen LogP contribution in [0.1, 0.15) is 50.1 Å². The minimum Gasteiger partial charge on any atom is -0.349 e. The Hall–Kier alpha value is -3.02. The fourth-order valence-corrected chi connectivity index (χ4v) is 4.36. The largest absolute Gasteiger partial charge is 0.349 e. The van der Waals surface area contributed by atoms with Gasteiger partial charge in [0, 0.05) is 13.0 Å². The van der Waals surface area contributed by atoms with E-state index < -0.39 is 0 Å². The Balaban J connectivity index is 1.38. The van der Waals surface area contributed by atoms with Gasteiger partial charge in [-0.2, -0.15) is 0 Å². The monoisotopic (exact) mass is 407 g/mol. The molecule has 156 valence electrons. The maximum Gasteiger partial charge on any atom is 0.261 e. The zero-order valence-electron chi connectivity index (χ0n) is 16.9. The van der Waals surface area contributed by atoms with Gasteiger partial charge in [-0.3, -0.25) is 14.2 Å². The smallest absolute Gasteiger partial charge is 0.261 e. The molecule has 2 aromatic carbocycles. The molecule has 1 atom stereocenters. The number of hydrogen-bond acceptors (Lipinski definition) is 3. The summed E-state index contributed by atoms with van der Waals surface area (Å²) in [6, 6.07) is 13.6. The zero-order chi connectivity index (χ0) is 20.9. The topological polar surface area (TPSA) is 64.0 Å². The minimum atomic E-state index is -0.273. The molecular formula is C24H26FN3O2. The molecule has 0 spiro atoms. The van der Waals surface area contributed by atoms with E-state index in [2.05, 4.69) is 10.3 Å². The second kappa shape index (κ2) is 9.20. The first kappa shape index (κ1) is 20.3. The van der Waals surface area contributed by atoms with Crippen LogP contribution in [0.2, 0.25) is 0 Å². The van der Waals surface area contributed by atoms with Crippen LogP contribution >= 0.6 is 0 Å². The molecule has 6 heteroatoms. The van der Waals surface area contributed by atoms with E-state index in [9.17, 15) is 14.0 Å². The Morgan fingerprint density at radius 3 is 2.63 bits per heavy atom. The van der Waals surface area contributed by atoms with E-state index in [4.69, 9.17) is 0 Å². The van der Waals surface area contributed by atoms with Crippen molar-refractivity contribution in [2.45, 2.75) is 51.1 Å². The van der Waals surface area contributed by atoms with Crippen molar-refractivity contribution in [1.82, 2.24) is 14.9 Å². The molecule has 0 bridgehead atoms. The van der Waals surface area contributed by atoms with Crippen molar-refractivity contribution in [3.63, 3.8) is 0 Å². The normalized spacial score (nSPS) is 15.4. The number of carbonyl (C=O) groups is 1. The summed E-state index contributed by atoms with van der Waals surface area (Å²) in [7, 11) is 0. The number of nitrogens with zero attached hydrogens (tertiary/aromatic N) is 2. The first-order chi connectivity index (χ1) is 14.6. The molecule has 3 aromatic rings. The molecule has 0 saturated heterocycles. The number of carbonyl (C=O) groups excluding carboxylic acids is 1. The van der Waals surface area contributed by atoms with Crippen molar-refractivity contribution in [3.05, 3.63) is 76.6 Å². The van der Waals surface area contributed by atoms with E-state index in [0.29, 0.717) is 36.2 Å². The third-order valence-electron chi connectivity index (χ3n) is 5.95. The molecule has 0 radical (unpaired) electrons. The van der Waals surface area contributed by atoms with Crippen molar-refractivity contribution in [2.75, 3.05) is 0 Å². The number of para-hydroxylation sites is 1. The number of aromatic nitrogens is 2. The second-order valence-electron chi connectivity index (χ2n) is 8.01. The molecular weight excluding hydrogens is 381 g/mol. The molecule has 1 N–H and O–H groups in total. The lowest BCUT2D eigenvalue weighted by Gasteiger charge is -2.25. The summed E-state index contributed by atoms with van der Waals surface area (Å²) >= 11 is 0. The molecule has 0 aliphatic heterocycles. The van der Waals surface area contributed by atoms with Gasteiger partial charge in [0.15, 0.2) is 0 Å². The van der Waals surface area contributed by atoms with Crippen LogP contribution in [0.25, 0.3) is 10.9 Å². The third-order valence-corrected chi connectivity index (χ3v) is 5.95. The molecule has 1 heterocycles. The van der Waals surface area contributed by atoms with Gasteiger partial charge < -0.3 is 5.32 Å². The van der Waals surface area contributed by atoms with Gasteiger partial charge in [0.2, 0.25) is 5.91 Å². The van der Waals surface area contributed by atoms with Crippen molar-refractivity contribution < 1.29 is 9.18 Å². The SMILES string of the molecule is O=C(CCCn1cnc2ccccc2c1=O)N[C@H](c1ccc(F)cc1)C1CCCC1. The summed E-state index contributed by atoms with van der Waals surface area (Å²) in [4.78, 5) is 29.5. The van der Waals surface area contributed by atoms with Crippen LogP contribution in [0.3, 0.4) is 0 Å². The van der Waals surface area contributed by atoms with Crippen LogP contribution in [0, 0.1) is 11.7 Å². The first-order valence-electron chi connectivity index (χ1n) is 10.6. The van der Waals surface area contributed by atoms with Gasteiger partial charge in [0.1, 0.15) is 5.82 Å². The zero-order valence-corrected chi connectivity index (χ0v) is 16.9. The fraction of sp³-hybridized carbons (Fsp3) is 0.375. The Bertz CT molecular complexity index is 1070. The van der Waals surface area contributed by atoms with E-state index in [0.717, 1.165) is 31.2 Å². The average Bonchev–Trinajstić information content (AvgIpc) is 3.29. The molecule has 1 aliphatic rings. The number of rotatable bonds is 7. The molecule has 5 nitrogen and oxygen atoms in total. The summed E-state index contributed by atoms with van der Waals surface area (Å²) in [5, 5.41) is 3.75. The van der Waals surface area contributed by atoms with E-state index in [1.165, 1.54) is 12.1 Å². The van der Waals surface area contributed by atoms with Gasteiger partial charge in [-0.05, 0) is 55.0 Å². The molecule has 4 rings (SSSR count). The van der Waals surface area contributed by atoms with Crippen LogP contribution in [0.5, 0.6) is 0 Å². The predicted octanol–water partition coefficient (Wildman–Crippen LogP) is 4.36. The van der Waals surface area contributed by atoms with Gasteiger partial charge in [-0.15, -0.1) is 0 Å². The average molecular weight is 407 g/mol. The van der Waals surface area contributed by atoms with Crippen molar-refractivity contribution in [1.29, 1.82) is 0 Å². The first-order valence-corrected chi connectivity index (χ1v) is 10.6. The lowest BCUT2D eigenvalue weighted by atomic mass is 9.91. The lowest BCUT2D eigenvalue weighted by molar-refractivity contribution is -0.122. The summed E-state index contributed by atoms with van der Waals surface area (Å²) in [6.45, 7) is 0.439. The van der Waals surface area contributed by atoms with E-state index in [-0.39, 0.29) is 23.3 Å². The van der Waals surface area contributed by atoms with Gasteiger partial charge in [-0.1, -0.05) is 37.1 Å². The van der Waals surface area contributed by atoms with Crippen molar-refractivity contribution in [3.8, 4) is 0 Å². The van der Waals surface area contributed by atoms with Gasteiger partial charge in [0.25, 0.3) is 5.56 Å². The van der Waals surface area contributed by atoms with Crippen LogP contribution in [0.15, 0.2) is 59.7 Å². The Labute approximate surface area is 175 Å². The highest BCUT2D eigenvalue weighted by molar-refractivity contribution is 5.77.